The van der Waals surface area contributed by atoms with Crippen molar-refractivity contribution in [3.05, 3.63) is 40.3 Å². The maximum Gasteiger partial charge on any atom is 0.225 e. The van der Waals surface area contributed by atoms with Gasteiger partial charge in [0.2, 0.25) is 5.88 Å². The molecule has 2 N–H and O–H groups in total. The Labute approximate surface area is 120 Å². The average Bonchev–Trinajstić information content (AvgIpc) is 2.43. The van der Waals surface area contributed by atoms with E-state index in [1.807, 2.05) is 18.2 Å². The number of aryl methyl sites for hydroxylation is 1. The van der Waals surface area contributed by atoms with E-state index >= 15 is 0 Å². The van der Waals surface area contributed by atoms with Crippen LogP contribution in [0, 0.1) is 0 Å². The fraction of sp³-hybridized carbons (Fsp3) is 0.286. The molecule has 0 amide bonds. The third-order valence-corrected chi connectivity index (χ3v) is 3.91. The van der Waals surface area contributed by atoms with Crippen molar-refractivity contribution in [2.24, 2.45) is 0 Å². The van der Waals surface area contributed by atoms with E-state index in [9.17, 15) is 0 Å². The summed E-state index contributed by atoms with van der Waals surface area (Å²) in [7, 11) is 0. The Kier molecular flexibility index (Phi) is 3.38. The van der Waals surface area contributed by atoms with E-state index in [0.717, 1.165) is 35.0 Å². The number of nitrogens with zero attached hydrogens (tertiary/aromatic N) is 2. The van der Waals surface area contributed by atoms with Crippen molar-refractivity contribution >= 4 is 21.6 Å². The molecule has 0 atom stereocenters. The lowest BCUT2D eigenvalue weighted by Gasteiger charge is -2.18. The van der Waals surface area contributed by atoms with Gasteiger partial charge in [-0.3, -0.25) is 0 Å². The quantitative estimate of drug-likeness (QED) is 0.861. The Balaban J connectivity index is 2.00. The summed E-state index contributed by atoms with van der Waals surface area (Å²) in [6.45, 7) is 0. The van der Waals surface area contributed by atoms with E-state index in [1.54, 1.807) is 6.33 Å². The summed E-state index contributed by atoms with van der Waals surface area (Å²) >= 11 is 3.45. The van der Waals surface area contributed by atoms with Crippen LogP contribution in [0.5, 0.6) is 11.6 Å². The number of hydrogen-bond acceptors (Lipinski definition) is 4. The van der Waals surface area contributed by atoms with Gasteiger partial charge in [0, 0.05) is 5.56 Å². The zero-order valence-electron chi connectivity index (χ0n) is 10.4. The number of nitrogens with two attached hydrogens (primary N) is 1. The third kappa shape index (κ3) is 2.42. The van der Waals surface area contributed by atoms with Crippen LogP contribution in [-0.4, -0.2) is 9.97 Å². The molecule has 19 heavy (non-hydrogen) atoms. The van der Waals surface area contributed by atoms with Crippen LogP contribution in [0.25, 0.3) is 0 Å². The predicted molar refractivity (Wildman–Crippen MR) is 77.3 cm³/mol. The molecule has 0 saturated carbocycles. The maximum atomic E-state index is 5.95. The first-order chi connectivity index (χ1) is 9.25. The summed E-state index contributed by atoms with van der Waals surface area (Å²) in [6.07, 6.45) is 5.87. The van der Waals surface area contributed by atoms with Gasteiger partial charge in [0.05, 0.1) is 15.9 Å². The predicted octanol–water partition coefficient (Wildman–Crippen LogP) is 3.49. The van der Waals surface area contributed by atoms with Gasteiger partial charge >= 0.3 is 0 Å². The second kappa shape index (κ2) is 5.17. The fourth-order valence-corrected chi connectivity index (χ4v) is 2.77. The highest BCUT2D eigenvalue weighted by molar-refractivity contribution is 9.10. The standard InChI is InChI=1S/C14H14BrN3O/c15-10-5-3-6-11(16)13(10)19-14-9-4-1-2-7-12(9)17-8-18-14/h3,5-6,8H,1-2,4,7,16H2. The number of fused-ring (bicyclic) bond motifs is 1. The molecular formula is C14H14BrN3O. The highest BCUT2D eigenvalue weighted by atomic mass is 79.9. The summed E-state index contributed by atoms with van der Waals surface area (Å²) in [5, 5.41) is 0. The number of anilines is 1. The Bertz CT molecular complexity index is 595. The van der Waals surface area contributed by atoms with E-state index in [1.165, 1.54) is 6.42 Å². The molecule has 2 aromatic rings. The molecule has 0 spiro atoms. The Hall–Kier alpha value is -1.62. The first-order valence-corrected chi connectivity index (χ1v) is 7.09. The second-order valence-corrected chi connectivity index (χ2v) is 5.43. The van der Waals surface area contributed by atoms with E-state index in [2.05, 4.69) is 25.9 Å². The summed E-state index contributed by atoms with van der Waals surface area (Å²) in [6, 6.07) is 5.59. The Morgan fingerprint density at radius 2 is 2.00 bits per heavy atom. The minimum Gasteiger partial charge on any atom is -0.435 e. The van der Waals surface area contributed by atoms with Gasteiger partial charge in [-0.05, 0) is 53.7 Å². The van der Waals surface area contributed by atoms with E-state index in [-0.39, 0.29) is 0 Å². The minimum atomic E-state index is 0.595. The molecule has 5 heteroatoms. The Morgan fingerprint density at radius 1 is 1.16 bits per heavy atom. The molecule has 4 nitrogen and oxygen atoms in total. The molecule has 3 rings (SSSR count). The van der Waals surface area contributed by atoms with Crippen LogP contribution in [0.3, 0.4) is 0 Å². The van der Waals surface area contributed by atoms with Crippen molar-refractivity contribution in [1.29, 1.82) is 0 Å². The topological polar surface area (TPSA) is 61.0 Å². The van der Waals surface area contributed by atoms with Gasteiger partial charge in [-0.15, -0.1) is 0 Å². The fourth-order valence-electron chi connectivity index (χ4n) is 2.31. The van der Waals surface area contributed by atoms with Gasteiger partial charge in [0.15, 0.2) is 5.75 Å². The molecule has 1 aromatic carbocycles. The van der Waals surface area contributed by atoms with Crippen LogP contribution in [0.1, 0.15) is 24.1 Å². The van der Waals surface area contributed by atoms with E-state index < -0.39 is 0 Å². The molecule has 0 aliphatic heterocycles. The van der Waals surface area contributed by atoms with Gasteiger partial charge in [0.25, 0.3) is 0 Å². The van der Waals surface area contributed by atoms with E-state index in [0.29, 0.717) is 17.3 Å². The van der Waals surface area contributed by atoms with Gasteiger partial charge in [-0.1, -0.05) is 6.07 Å². The molecule has 0 unspecified atom stereocenters. The highest BCUT2D eigenvalue weighted by Gasteiger charge is 2.18. The van der Waals surface area contributed by atoms with Crippen LogP contribution in [0.15, 0.2) is 29.0 Å². The lowest BCUT2D eigenvalue weighted by atomic mass is 9.97. The van der Waals surface area contributed by atoms with Crippen molar-refractivity contribution in [3.63, 3.8) is 0 Å². The van der Waals surface area contributed by atoms with Crippen LogP contribution in [0.2, 0.25) is 0 Å². The molecule has 1 aromatic heterocycles. The van der Waals surface area contributed by atoms with Crippen molar-refractivity contribution in [1.82, 2.24) is 9.97 Å². The number of benzene rings is 1. The smallest absolute Gasteiger partial charge is 0.225 e. The highest BCUT2D eigenvalue weighted by Crippen LogP contribution is 2.36. The largest absolute Gasteiger partial charge is 0.435 e. The molecular weight excluding hydrogens is 306 g/mol. The zero-order valence-corrected chi connectivity index (χ0v) is 12.0. The molecule has 1 aliphatic rings. The average molecular weight is 320 g/mol. The first kappa shape index (κ1) is 12.4. The van der Waals surface area contributed by atoms with E-state index in [4.69, 9.17) is 10.5 Å². The molecule has 1 aliphatic carbocycles. The molecule has 1 heterocycles. The summed E-state index contributed by atoms with van der Waals surface area (Å²) in [5.74, 6) is 1.25. The number of halogens is 1. The number of ether oxygens (including phenoxy) is 1. The normalized spacial score (nSPS) is 13.9. The van der Waals surface area contributed by atoms with Crippen molar-refractivity contribution in [3.8, 4) is 11.6 Å². The van der Waals surface area contributed by atoms with Crippen LogP contribution in [-0.2, 0) is 12.8 Å². The molecule has 98 valence electrons. The number of hydrogen-bond donors (Lipinski definition) is 1. The van der Waals surface area contributed by atoms with Gasteiger partial charge in [-0.2, -0.15) is 0 Å². The van der Waals surface area contributed by atoms with Crippen LogP contribution in [0.4, 0.5) is 5.69 Å². The summed E-state index contributed by atoms with van der Waals surface area (Å²) in [4.78, 5) is 8.59. The molecule has 0 bridgehead atoms. The zero-order chi connectivity index (χ0) is 13.2. The van der Waals surface area contributed by atoms with Crippen molar-refractivity contribution in [2.45, 2.75) is 25.7 Å². The van der Waals surface area contributed by atoms with Crippen molar-refractivity contribution in [2.75, 3.05) is 5.73 Å². The van der Waals surface area contributed by atoms with Gasteiger partial charge in [0.1, 0.15) is 6.33 Å². The number of para-hydroxylation sites is 1. The molecule has 0 saturated heterocycles. The number of rotatable bonds is 2. The van der Waals surface area contributed by atoms with Crippen LogP contribution < -0.4 is 10.5 Å². The van der Waals surface area contributed by atoms with Gasteiger partial charge < -0.3 is 10.5 Å². The minimum absolute atomic E-state index is 0.595. The molecule has 0 fully saturated rings. The molecule has 0 radical (unpaired) electrons. The number of nitrogen functional groups attached to an aromatic ring is 1. The van der Waals surface area contributed by atoms with Gasteiger partial charge in [-0.25, -0.2) is 9.97 Å². The SMILES string of the molecule is Nc1cccc(Br)c1Oc1ncnc2c1CCCC2. The lowest BCUT2D eigenvalue weighted by molar-refractivity contribution is 0.446. The number of aromatic nitrogens is 2. The first-order valence-electron chi connectivity index (χ1n) is 6.30. The summed E-state index contributed by atoms with van der Waals surface area (Å²) in [5.41, 5.74) is 8.76. The lowest BCUT2D eigenvalue weighted by Crippen LogP contribution is -2.08. The second-order valence-electron chi connectivity index (χ2n) is 4.57. The monoisotopic (exact) mass is 319 g/mol. The van der Waals surface area contributed by atoms with Crippen molar-refractivity contribution < 1.29 is 4.74 Å². The third-order valence-electron chi connectivity index (χ3n) is 3.28. The van der Waals surface area contributed by atoms with Crippen LogP contribution >= 0.6 is 15.9 Å². The maximum absolute atomic E-state index is 5.95. The summed E-state index contributed by atoms with van der Waals surface area (Å²) < 4.78 is 6.74. The Morgan fingerprint density at radius 3 is 2.84 bits per heavy atom.